The minimum atomic E-state index is 0.669. The molecule has 102 valence electrons. The Morgan fingerprint density at radius 2 is 1.33 bits per heavy atom. The Hall–Kier alpha value is -2.94. The number of hydrogen-bond donors (Lipinski definition) is 2. The summed E-state index contributed by atoms with van der Waals surface area (Å²) in [4.78, 5) is 0. The highest BCUT2D eigenvalue weighted by atomic mass is 16.3. The summed E-state index contributed by atoms with van der Waals surface area (Å²) in [5.74, 6) is 0. The molecule has 3 heteroatoms. The minimum Gasteiger partial charge on any atom is -0.456 e. The molecule has 0 aliphatic heterocycles. The number of nitrogens with two attached hydrogens (primary N) is 2. The van der Waals surface area contributed by atoms with Gasteiger partial charge in [-0.05, 0) is 47.5 Å². The van der Waals surface area contributed by atoms with Crippen LogP contribution in [0.5, 0.6) is 0 Å². The number of nitrogen functional groups attached to an aromatic ring is 2. The van der Waals surface area contributed by atoms with E-state index in [0.29, 0.717) is 11.4 Å². The van der Waals surface area contributed by atoms with Gasteiger partial charge in [-0.2, -0.15) is 0 Å². The van der Waals surface area contributed by atoms with E-state index in [9.17, 15) is 0 Å². The minimum absolute atomic E-state index is 0.669. The van der Waals surface area contributed by atoms with Gasteiger partial charge in [-0.3, -0.25) is 0 Å². The van der Waals surface area contributed by atoms with Gasteiger partial charge in [0, 0.05) is 22.1 Å². The molecule has 0 radical (unpaired) electrons. The fraction of sp³-hybridized carbons (Fsp3) is 0. The van der Waals surface area contributed by atoms with Gasteiger partial charge >= 0.3 is 0 Å². The Balaban J connectivity index is 1.99. The maximum absolute atomic E-state index is 5.88. The van der Waals surface area contributed by atoms with E-state index in [1.54, 1.807) is 6.07 Å². The Kier molecular flexibility index (Phi) is 2.42. The van der Waals surface area contributed by atoms with E-state index >= 15 is 0 Å². The molecule has 3 nitrogen and oxygen atoms in total. The van der Waals surface area contributed by atoms with E-state index < -0.39 is 0 Å². The van der Waals surface area contributed by atoms with Crippen molar-refractivity contribution < 1.29 is 4.42 Å². The SMILES string of the molecule is Nc1cc(N)cc(-c2ccc3oc4ccccc4c3c2)c1. The van der Waals surface area contributed by atoms with Crippen LogP contribution in [0.25, 0.3) is 33.1 Å². The second-order valence-corrected chi connectivity index (χ2v) is 5.20. The van der Waals surface area contributed by atoms with Crippen LogP contribution in [0, 0.1) is 0 Å². The molecule has 21 heavy (non-hydrogen) atoms. The molecule has 0 bridgehead atoms. The van der Waals surface area contributed by atoms with Crippen molar-refractivity contribution in [1.29, 1.82) is 0 Å². The smallest absolute Gasteiger partial charge is 0.135 e. The highest BCUT2D eigenvalue weighted by Crippen LogP contribution is 2.33. The first kappa shape index (κ1) is 11.9. The van der Waals surface area contributed by atoms with E-state index in [-0.39, 0.29) is 0 Å². The van der Waals surface area contributed by atoms with Crippen molar-refractivity contribution in [1.82, 2.24) is 0 Å². The van der Waals surface area contributed by atoms with Crippen LogP contribution in [0.4, 0.5) is 11.4 Å². The van der Waals surface area contributed by atoms with Crippen molar-refractivity contribution in [3.8, 4) is 11.1 Å². The molecule has 4 N–H and O–H groups in total. The number of furan rings is 1. The van der Waals surface area contributed by atoms with Gasteiger partial charge in [0.15, 0.2) is 0 Å². The number of fused-ring (bicyclic) bond motifs is 3. The van der Waals surface area contributed by atoms with Crippen LogP contribution in [-0.4, -0.2) is 0 Å². The molecule has 0 aliphatic rings. The summed E-state index contributed by atoms with van der Waals surface area (Å²) in [7, 11) is 0. The summed E-state index contributed by atoms with van der Waals surface area (Å²) < 4.78 is 5.84. The lowest BCUT2D eigenvalue weighted by molar-refractivity contribution is 0.669. The molecule has 0 unspecified atom stereocenters. The summed E-state index contributed by atoms with van der Waals surface area (Å²) in [5.41, 5.74) is 17.0. The van der Waals surface area contributed by atoms with E-state index in [1.165, 1.54) is 0 Å². The molecule has 0 fully saturated rings. The van der Waals surface area contributed by atoms with Gasteiger partial charge in [-0.1, -0.05) is 24.3 Å². The summed E-state index contributed by atoms with van der Waals surface area (Å²) in [5, 5.41) is 2.22. The molecule has 0 atom stereocenters. The second kappa shape index (κ2) is 4.28. The van der Waals surface area contributed by atoms with Crippen LogP contribution in [0.2, 0.25) is 0 Å². The van der Waals surface area contributed by atoms with Crippen LogP contribution >= 0.6 is 0 Å². The lowest BCUT2D eigenvalue weighted by Gasteiger charge is -2.05. The van der Waals surface area contributed by atoms with Crippen molar-refractivity contribution in [3.63, 3.8) is 0 Å². The molecular formula is C18H14N2O. The van der Waals surface area contributed by atoms with Crippen molar-refractivity contribution in [3.05, 3.63) is 60.7 Å². The molecule has 1 aromatic heterocycles. The third-order valence-electron chi connectivity index (χ3n) is 3.69. The molecule has 0 spiro atoms. The molecule has 0 aliphatic carbocycles. The third-order valence-corrected chi connectivity index (χ3v) is 3.69. The lowest BCUT2D eigenvalue weighted by Crippen LogP contribution is -1.91. The predicted molar refractivity (Wildman–Crippen MR) is 88.0 cm³/mol. The van der Waals surface area contributed by atoms with Crippen molar-refractivity contribution >= 4 is 33.3 Å². The van der Waals surface area contributed by atoms with Gasteiger partial charge in [-0.25, -0.2) is 0 Å². The first-order valence-corrected chi connectivity index (χ1v) is 6.78. The molecule has 3 aromatic carbocycles. The zero-order valence-corrected chi connectivity index (χ0v) is 11.3. The van der Waals surface area contributed by atoms with Crippen molar-refractivity contribution in [2.24, 2.45) is 0 Å². The largest absolute Gasteiger partial charge is 0.456 e. The standard InChI is InChI=1S/C18H14N2O/c19-13-7-12(8-14(20)10-13)11-5-6-18-16(9-11)15-3-1-2-4-17(15)21-18/h1-10H,19-20H2. The van der Waals surface area contributed by atoms with Gasteiger partial charge in [0.05, 0.1) is 0 Å². The van der Waals surface area contributed by atoms with Crippen LogP contribution in [0.1, 0.15) is 0 Å². The van der Waals surface area contributed by atoms with Gasteiger partial charge < -0.3 is 15.9 Å². The zero-order chi connectivity index (χ0) is 14.4. The topological polar surface area (TPSA) is 65.2 Å². The first-order chi connectivity index (χ1) is 10.2. The van der Waals surface area contributed by atoms with E-state index in [4.69, 9.17) is 15.9 Å². The number of hydrogen-bond acceptors (Lipinski definition) is 3. The van der Waals surface area contributed by atoms with Gasteiger partial charge in [0.2, 0.25) is 0 Å². The Morgan fingerprint density at radius 1 is 0.619 bits per heavy atom. The number of rotatable bonds is 1. The average molecular weight is 274 g/mol. The second-order valence-electron chi connectivity index (χ2n) is 5.20. The quantitative estimate of drug-likeness (QED) is 0.505. The fourth-order valence-electron chi connectivity index (χ4n) is 2.75. The fourth-order valence-corrected chi connectivity index (χ4v) is 2.75. The molecule has 4 rings (SSSR count). The third kappa shape index (κ3) is 1.91. The van der Waals surface area contributed by atoms with E-state index in [2.05, 4.69) is 12.1 Å². The number of benzene rings is 3. The molecular weight excluding hydrogens is 260 g/mol. The maximum Gasteiger partial charge on any atom is 0.135 e. The summed E-state index contributed by atoms with van der Waals surface area (Å²) in [6, 6.07) is 19.8. The number of anilines is 2. The molecule has 0 saturated heterocycles. The van der Waals surface area contributed by atoms with Crippen molar-refractivity contribution in [2.45, 2.75) is 0 Å². The normalized spacial score (nSPS) is 11.2. The molecule has 0 saturated carbocycles. The Labute approximate surface area is 121 Å². The Bertz CT molecular complexity index is 949. The average Bonchev–Trinajstić information content (AvgIpc) is 2.84. The molecule has 1 heterocycles. The summed E-state index contributed by atoms with van der Waals surface area (Å²) in [6.45, 7) is 0. The molecule has 0 amide bonds. The van der Waals surface area contributed by atoms with Crippen LogP contribution < -0.4 is 11.5 Å². The monoisotopic (exact) mass is 274 g/mol. The zero-order valence-electron chi connectivity index (χ0n) is 11.3. The van der Waals surface area contributed by atoms with Gasteiger partial charge in [0.25, 0.3) is 0 Å². The predicted octanol–water partition coefficient (Wildman–Crippen LogP) is 4.42. The first-order valence-electron chi connectivity index (χ1n) is 6.78. The highest BCUT2D eigenvalue weighted by molar-refractivity contribution is 6.06. The van der Waals surface area contributed by atoms with Crippen LogP contribution in [0.3, 0.4) is 0 Å². The lowest BCUT2D eigenvalue weighted by atomic mass is 10.0. The van der Waals surface area contributed by atoms with E-state index in [1.807, 2.05) is 42.5 Å². The maximum atomic E-state index is 5.88. The molecule has 4 aromatic rings. The van der Waals surface area contributed by atoms with Gasteiger partial charge in [-0.15, -0.1) is 0 Å². The summed E-state index contributed by atoms with van der Waals surface area (Å²) in [6.07, 6.45) is 0. The van der Waals surface area contributed by atoms with Crippen LogP contribution in [0.15, 0.2) is 65.1 Å². The van der Waals surface area contributed by atoms with Crippen molar-refractivity contribution in [2.75, 3.05) is 11.5 Å². The highest BCUT2D eigenvalue weighted by Gasteiger charge is 2.08. The number of para-hydroxylation sites is 1. The Morgan fingerprint density at radius 3 is 2.14 bits per heavy atom. The van der Waals surface area contributed by atoms with Gasteiger partial charge in [0.1, 0.15) is 11.2 Å². The summed E-state index contributed by atoms with van der Waals surface area (Å²) >= 11 is 0. The van der Waals surface area contributed by atoms with Crippen LogP contribution in [-0.2, 0) is 0 Å². The van der Waals surface area contributed by atoms with E-state index in [0.717, 1.165) is 33.1 Å².